The van der Waals surface area contributed by atoms with Gasteiger partial charge in [0.2, 0.25) is 0 Å². The maximum absolute atomic E-state index is 11.2. The average Bonchev–Trinajstić information content (AvgIpc) is 2.54. The highest BCUT2D eigenvalue weighted by molar-refractivity contribution is 9.10. The fourth-order valence-corrected chi connectivity index (χ4v) is 2.09. The molecule has 0 fully saturated rings. The fourth-order valence-electron chi connectivity index (χ4n) is 1.46. The normalized spacial score (nSPS) is 13.6. The van der Waals surface area contributed by atoms with Gasteiger partial charge in [0.15, 0.2) is 0 Å². The van der Waals surface area contributed by atoms with E-state index in [9.17, 15) is 9.59 Å². The van der Waals surface area contributed by atoms with E-state index in [-0.39, 0.29) is 5.97 Å². The number of benzene rings is 1. The van der Waals surface area contributed by atoms with E-state index in [0.717, 1.165) is 21.9 Å². The molecule has 0 saturated heterocycles. The summed E-state index contributed by atoms with van der Waals surface area (Å²) in [6.45, 7) is 0.293. The summed E-state index contributed by atoms with van der Waals surface area (Å²) in [5, 5.41) is 0. The van der Waals surface area contributed by atoms with Gasteiger partial charge >= 0.3 is 5.97 Å². The minimum absolute atomic E-state index is 0.293. The molecule has 14 heavy (non-hydrogen) atoms. The first kappa shape index (κ1) is 9.40. The van der Waals surface area contributed by atoms with Crippen molar-refractivity contribution in [1.82, 2.24) is 0 Å². The molecule has 1 aliphatic rings. The first-order valence-electron chi connectivity index (χ1n) is 4.15. The standard InChI is InChI=1S/C10H7BrO3/c11-9-6(3-4-12)1-2-7-8(9)5-14-10(7)13/h1-2,4H,3,5H2. The van der Waals surface area contributed by atoms with Gasteiger partial charge in [0.1, 0.15) is 12.9 Å². The Morgan fingerprint density at radius 3 is 3.00 bits per heavy atom. The number of ether oxygens (including phenoxy) is 1. The number of hydrogen-bond donors (Lipinski definition) is 0. The van der Waals surface area contributed by atoms with Gasteiger partial charge in [0.05, 0.1) is 5.56 Å². The number of esters is 1. The highest BCUT2D eigenvalue weighted by Crippen LogP contribution is 2.30. The van der Waals surface area contributed by atoms with Gasteiger partial charge in [-0.15, -0.1) is 0 Å². The summed E-state index contributed by atoms with van der Waals surface area (Å²) >= 11 is 3.37. The van der Waals surface area contributed by atoms with Crippen molar-refractivity contribution in [2.45, 2.75) is 13.0 Å². The second-order valence-electron chi connectivity index (χ2n) is 3.01. The van der Waals surface area contributed by atoms with Crippen LogP contribution in [0.15, 0.2) is 16.6 Å². The lowest BCUT2D eigenvalue weighted by Gasteiger charge is -2.03. The van der Waals surface area contributed by atoms with E-state index >= 15 is 0 Å². The number of fused-ring (bicyclic) bond motifs is 1. The number of hydrogen-bond acceptors (Lipinski definition) is 3. The van der Waals surface area contributed by atoms with Crippen molar-refractivity contribution >= 4 is 28.2 Å². The van der Waals surface area contributed by atoms with Crippen molar-refractivity contribution in [2.24, 2.45) is 0 Å². The van der Waals surface area contributed by atoms with Crippen LogP contribution in [0.3, 0.4) is 0 Å². The minimum Gasteiger partial charge on any atom is -0.457 e. The Labute approximate surface area is 89.2 Å². The molecule has 4 heteroatoms. The number of halogens is 1. The molecule has 1 aromatic rings. The molecular weight excluding hydrogens is 248 g/mol. The molecule has 0 aliphatic carbocycles. The summed E-state index contributed by atoms with van der Waals surface area (Å²) in [6.07, 6.45) is 1.19. The zero-order chi connectivity index (χ0) is 10.1. The van der Waals surface area contributed by atoms with Gasteiger partial charge in [0.25, 0.3) is 0 Å². The quantitative estimate of drug-likeness (QED) is 0.598. The maximum atomic E-state index is 11.2. The zero-order valence-electron chi connectivity index (χ0n) is 7.25. The average molecular weight is 255 g/mol. The van der Waals surface area contributed by atoms with Crippen LogP contribution in [0, 0.1) is 0 Å². The number of carbonyl (C=O) groups is 2. The van der Waals surface area contributed by atoms with Crippen molar-refractivity contribution in [3.05, 3.63) is 33.3 Å². The molecule has 0 amide bonds. The van der Waals surface area contributed by atoms with Gasteiger partial charge in [-0.2, -0.15) is 0 Å². The number of cyclic esters (lactones) is 1. The molecule has 1 aliphatic heterocycles. The van der Waals surface area contributed by atoms with Crippen LogP contribution in [0.1, 0.15) is 21.5 Å². The van der Waals surface area contributed by atoms with Crippen LogP contribution in [0.25, 0.3) is 0 Å². The summed E-state index contributed by atoms with van der Waals surface area (Å²) in [5.74, 6) is -0.293. The van der Waals surface area contributed by atoms with Gasteiger partial charge in [-0.3, -0.25) is 0 Å². The molecule has 3 nitrogen and oxygen atoms in total. The number of carbonyl (C=O) groups excluding carboxylic acids is 2. The third-order valence-corrected chi connectivity index (χ3v) is 3.18. The molecule has 0 radical (unpaired) electrons. The van der Waals surface area contributed by atoms with Crippen LogP contribution < -0.4 is 0 Å². The van der Waals surface area contributed by atoms with E-state index in [1.54, 1.807) is 12.1 Å². The van der Waals surface area contributed by atoms with Crippen molar-refractivity contribution < 1.29 is 14.3 Å². The molecule has 72 valence electrons. The zero-order valence-corrected chi connectivity index (χ0v) is 8.83. The maximum Gasteiger partial charge on any atom is 0.338 e. The molecule has 1 aromatic carbocycles. The Morgan fingerprint density at radius 1 is 1.50 bits per heavy atom. The van der Waals surface area contributed by atoms with E-state index < -0.39 is 0 Å². The Balaban J connectivity index is 2.52. The summed E-state index contributed by atoms with van der Waals surface area (Å²) in [4.78, 5) is 21.5. The molecule has 0 N–H and O–H groups in total. The second-order valence-corrected chi connectivity index (χ2v) is 3.80. The number of rotatable bonds is 2. The van der Waals surface area contributed by atoms with Gasteiger partial charge in [-0.05, 0) is 11.6 Å². The van der Waals surface area contributed by atoms with E-state index in [1.807, 2.05) is 0 Å². The summed E-state index contributed by atoms with van der Waals surface area (Å²) in [7, 11) is 0. The Kier molecular flexibility index (Phi) is 2.37. The monoisotopic (exact) mass is 254 g/mol. The van der Waals surface area contributed by atoms with Gasteiger partial charge in [-0.25, -0.2) is 4.79 Å². The molecule has 0 saturated carbocycles. The van der Waals surface area contributed by atoms with E-state index in [0.29, 0.717) is 18.6 Å². The molecular formula is C10H7BrO3. The molecule has 1 heterocycles. The van der Waals surface area contributed by atoms with Gasteiger partial charge in [-0.1, -0.05) is 22.0 Å². The van der Waals surface area contributed by atoms with E-state index in [4.69, 9.17) is 4.74 Å². The minimum atomic E-state index is -0.293. The van der Waals surface area contributed by atoms with Gasteiger partial charge in [0, 0.05) is 16.5 Å². The summed E-state index contributed by atoms with van der Waals surface area (Å²) < 4.78 is 5.69. The number of aldehydes is 1. The van der Waals surface area contributed by atoms with E-state index in [2.05, 4.69) is 15.9 Å². The lowest BCUT2D eigenvalue weighted by atomic mass is 10.0. The highest BCUT2D eigenvalue weighted by Gasteiger charge is 2.24. The Hall–Kier alpha value is -1.16. The lowest BCUT2D eigenvalue weighted by molar-refractivity contribution is -0.107. The highest BCUT2D eigenvalue weighted by atomic mass is 79.9. The molecule has 0 bridgehead atoms. The topological polar surface area (TPSA) is 43.4 Å². The molecule has 2 rings (SSSR count). The third kappa shape index (κ3) is 1.35. The Bertz CT molecular complexity index is 412. The molecule has 0 aromatic heterocycles. The van der Waals surface area contributed by atoms with Crippen molar-refractivity contribution in [1.29, 1.82) is 0 Å². The van der Waals surface area contributed by atoms with Crippen LogP contribution in [0.5, 0.6) is 0 Å². The lowest BCUT2D eigenvalue weighted by Crippen LogP contribution is -1.96. The molecule has 0 spiro atoms. The Morgan fingerprint density at radius 2 is 2.29 bits per heavy atom. The smallest absolute Gasteiger partial charge is 0.338 e. The first-order valence-corrected chi connectivity index (χ1v) is 4.94. The summed E-state index contributed by atoms with van der Waals surface area (Å²) in [5.41, 5.74) is 2.32. The predicted octanol–water partition coefficient (Wildman–Crippen LogP) is 1.86. The SMILES string of the molecule is O=CCc1ccc2c(c1Br)COC2=O. The fraction of sp³-hybridized carbons (Fsp3) is 0.200. The van der Waals surface area contributed by atoms with Crippen molar-refractivity contribution in [2.75, 3.05) is 0 Å². The molecule has 0 atom stereocenters. The second kappa shape index (κ2) is 3.53. The van der Waals surface area contributed by atoms with Crippen molar-refractivity contribution in [3.8, 4) is 0 Å². The van der Waals surface area contributed by atoms with Crippen LogP contribution in [-0.4, -0.2) is 12.3 Å². The van der Waals surface area contributed by atoms with Crippen molar-refractivity contribution in [3.63, 3.8) is 0 Å². The van der Waals surface area contributed by atoms with Crippen LogP contribution in [0.2, 0.25) is 0 Å². The predicted molar refractivity (Wildman–Crippen MR) is 53.0 cm³/mol. The molecule has 0 unspecified atom stereocenters. The van der Waals surface area contributed by atoms with Crippen LogP contribution in [-0.2, 0) is 22.6 Å². The van der Waals surface area contributed by atoms with Crippen LogP contribution >= 0.6 is 15.9 Å². The first-order chi connectivity index (χ1) is 6.74. The van der Waals surface area contributed by atoms with Gasteiger partial charge < -0.3 is 9.53 Å². The third-order valence-electron chi connectivity index (χ3n) is 2.19. The van der Waals surface area contributed by atoms with Crippen LogP contribution in [0.4, 0.5) is 0 Å². The summed E-state index contributed by atoms with van der Waals surface area (Å²) in [6, 6.07) is 3.47. The van der Waals surface area contributed by atoms with E-state index in [1.165, 1.54) is 0 Å². The largest absolute Gasteiger partial charge is 0.457 e.